The molecular formula is C20H19N5OS2. The maximum atomic E-state index is 12.7. The third-order valence-corrected chi connectivity index (χ3v) is 6.34. The molecule has 1 unspecified atom stereocenters. The largest absolute Gasteiger partial charge is 0.324 e. The Morgan fingerprint density at radius 2 is 2.18 bits per heavy atom. The molecule has 0 radical (unpaired) electrons. The van der Waals surface area contributed by atoms with Crippen LogP contribution in [0.15, 0.2) is 65.5 Å². The molecule has 1 amide bonds. The minimum atomic E-state index is -0.309. The zero-order chi connectivity index (χ0) is 19.3. The van der Waals surface area contributed by atoms with E-state index >= 15 is 0 Å². The highest BCUT2D eigenvalue weighted by Gasteiger charge is 2.19. The Hall–Kier alpha value is -2.71. The SMILES string of the molecule is CC(Sc1nncn1CCc1cccs1)C(=O)Nc1cccc2ncccc12. The molecule has 4 aromatic rings. The van der Waals surface area contributed by atoms with Gasteiger partial charge in [-0.2, -0.15) is 0 Å². The number of thioether (sulfide) groups is 1. The number of rotatable bonds is 7. The summed E-state index contributed by atoms with van der Waals surface area (Å²) in [5.41, 5.74) is 1.62. The van der Waals surface area contributed by atoms with Crippen LogP contribution in [0.3, 0.4) is 0 Å². The standard InChI is InChI=1S/C20H19N5OS2/c1-14(19(26)23-18-8-2-7-17-16(18)6-3-10-21-17)28-20-24-22-13-25(20)11-9-15-5-4-12-27-15/h2-8,10,12-14H,9,11H2,1H3,(H,23,26). The van der Waals surface area contributed by atoms with Gasteiger partial charge in [-0.15, -0.1) is 21.5 Å². The predicted molar refractivity (Wildman–Crippen MR) is 114 cm³/mol. The van der Waals surface area contributed by atoms with Crippen molar-refractivity contribution in [1.82, 2.24) is 19.7 Å². The fourth-order valence-corrected chi connectivity index (χ4v) is 4.38. The van der Waals surface area contributed by atoms with Crippen LogP contribution < -0.4 is 5.32 Å². The van der Waals surface area contributed by atoms with Crippen molar-refractivity contribution in [3.8, 4) is 0 Å². The highest BCUT2D eigenvalue weighted by atomic mass is 32.2. The summed E-state index contributed by atoms with van der Waals surface area (Å²) in [5, 5.41) is 14.7. The Morgan fingerprint density at radius 1 is 1.25 bits per heavy atom. The molecule has 0 saturated heterocycles. The molecule has 1 aromatic carbocycles. The molecule has 0 aliphatic rings. The summed E-state index contributed by atoms with van der Waals surface area (Å²) in [4.78, 5) is 18.4. The predicted octanol–water partition coefficient (Wildman–Crippen LogP) is 4.25. The Kier molecular flexibility index (Phi) is 5.68. The number of amides is 1. The van der Waals surface area contributed by atoms with Gasteiger partial charge in [-0.05, 0) is 49.1 Å². The van der Waals surface area contributed by atoms with E-state index in [4.69, 9.17) is 0 Å². The Balaban J connectivity index is 1.41. The van der Waals surface area contributed by atoms with Crippen molar-refractivity contribution in [3.63, 3.8) is 0 Å². The van der Waals surface area contributed by atoms with E-state index in [0.29, 0.717) is 0 Å². The van der Waals surface area contributed by atoms with Crippen LogP contribution in [0.2, 0.25) is 0 Å². The van der Waals surface area contributed by atoms with Gasteiger partial charge >= 0.3 is 0 Å². The molecule has 0 aliphatic heterocycles. The summed E-state index contributed by atoms with van der Waals surface area (Å²) in [7, 11) is 0. The second-order valence-corrected chi connectivity index (χ2v) is 8.60. The number of nitrogens with zero attached hydrogens (tertiary/aromatic N) is 4. The van der Waals surface area contributed by atoms with Gasteiger partial charge in [0.25, 0.3) is 0 Å². The van der Waals surface area contributed by atoms with Crippen LogP contribution in [-0.4, -0.2) is 30.9 Å². The Morgan fingerprint density at radius 3 is 3.04 bits per heavy atom. The first-order valence-corrected chi connectivity index (χ1v) is 10.7. The first kappa shape index (κ1) is 18.6. The van der Waals surface area contributed by atoms with Crippen molar-refractivity contribution in [2.75, 3.05) is 5.32 Å². The molecule has 28 heavy (non-hydrogen) atoms. The summed E-state index contributed by atoms with van der Waals surface area (Å²) in [6, 6.07) is 13.7. The summed E-state index contributed by atoms with van der Waals surface area (Å²) < 4.78 is 2.00. The normalized spacial score (nSPS) is 12.2. The lowest BCUT2D eigenvalue weighted by atomic mass is 10.2. The maximum Gasteiger partial charge on any atom is 0.237 e. The lowest BCUT2D eigenvalue weighted by Crippen LogP contribution is -2.23. The minimum absolute atomic E-state index is 0.0749. The number of carbonyl (C=O) groups is 1. The van der Waals surface area contributed by atoms with Crippen LogP contribution in [0, 0.1) is 0 Å². The number of pyridine rings is 1. The summed E-state index contributed by atoms with van der Waals surface area (Å²) in [6.07, 6.45) is 4.39. The third kappa shape index (κ3) is 4.23. The topological polar surface area (TPSA) is 72.7 Å². The number of hydrogen-bond donors (Lipinski definition) is 1. The Bertz CT molecular complexity index is 1070. The van der Waals surface area contributed by atoms with Crippen LogP contribution in [0.25, 0.3) is 10.9 Å². The maximum absolute atomic E-state index is 12.7. The van der Waals surface area contributed by atoms with E-state index in [-0.39, 0.29) is 11.2 Å². The first-order valence-electron chi connectivity index (χ1n) is 8.92. The van der Waals surface area contributed by atoms with Crippen LogP contribution >= 0.6 is 23.1 Å². The molecule has 3 heterocycles. The number of aryl methyl sites for hydroxylation is 2. The van der Waals surface area contributed by atoms with Gasteiger partial charge in [-0.1, -0.05) is 23.9 Å². The fourth-order valence-electron chi connectivity index (χ4n) is 2.83. The van der Waals surface area contributed by atoms with Crippen molar-refractivity contribution in [2.45, 2.75) is 30.3 Å². The molecule has 142 valence electrons. The quantitative estimate of drug-likeness (QED) is 0.462. The van der Waals surface area contributed by atoms with E-state index in [1.165, 1.54) is 16.6 Å². The number of fused-ring (bicyclic) bond motifs is 1. The fraction of sp³-hybridized carbons (Fsp3) is 0.200. The Labute approximate surface area is 171 Å². The number of benzene rings is 1. The van der Waals surface area contributed by atoms with Crippen LogP contribution in [0.5, 0.6) is 0 Å². The molecule has 4 rings (SSSR count). The molecular weight excluding hydrogens is 390 g/mol. The molecule has 1 N–H and O–H groups in total. The molecule has 0 aliphatic carbocycles. The van der Waals surface area contributed by atoms with E-state index < -0.39 is 0 Å². The van der Waals surface area contributed by atoms with Crippen molar-refractivity contribution in [2.24, 2.45) is 0 Å². The molecule has 6 nitrogen and oxygen atoms in total. The first-order chi connectivity index (χ1) is 13.7. The zero-order valence-corrected chi connectivity index (χ0v) is 16.9. The molecule has 1 atom stereocenters. The summed E-state index contributed by atoms with van der Waals surface area (Å²) in [6.45, 7) is 2.67. The van der Waals surface area contributed by atoms with E-state index in [2.05, 4.69) is 38.0 Å². The van der Waals surface area contributed by atoms with Crippen LogP contribution in [-0.2, 0) is 17.8 Å². The number of thiophene rings is 1. The number of nitrogens with one attached hydrogen (secondary N) is 1. The van der Waals surface area contributed by atoms with Crippen LogP contribution in [0.1, 0.15) is 11.8 Å². The second-order valence-electron chi connectivity index (χ2n) is 6.26. The number of aromatic nitrogens is 4. The number of hydrogen-bond acceptors (Lipinski definition) is 6. The minimum Gasteiger partial charge on any atom is -0.324 e. The third-order valence-electron chi connectivity index (χ3n) is 4.31. The van der Waals surface area contributed by atoms with Gasteiger partial charge in [0.15, 0.2) is 5.16 Å². The van der Waals surface area contributed by atoms with Gasteiger partial charge in [0.2, 0.25) is 5.91 Å². The monoisotopic (exact) mass is 409 g/mol. The molecule has 0 spiro atoms. The van der Waals surface area contributed by atoms with E-state index in [0.717, 1.165) is 34.7 Å². The average Bonchev–Trinajstić information content (AvgIpc) is 3.38. The molecule has 0 bridgehead atoms. The molecule has 3 aromatic heterocycles. The van der Waals surface area contributed by atoms with Crippen molar-refractivity contribution < 1.29 is 4.79 Å². The van der Waals surface area contributed by atoms with Gasteiger partial charge in [-0.3, -0.25) is 9.78 Å². The van der Waals surface area contributed by atoms with E-state index in [9.17, 15) is 4.79 Å². The number of anilines is 1. The average molecular weight is 410 g/mol. The lowest BCUT2D eigenvalue weighted by molar-refractivity contribution is -0.115. The van der Waals surface area contributed by atoms with Crippen molar-refractivity contribution >= 4 is 45.6 Å². The summed E-state index contributed by atoms with van der Waals surface area (Å²) in [5.74, 6) is -0.0749. The van der Waals surface area contributed by atoms with Gasteiger partial charge in [0, 0.05) is 23.0 Å². The second kappa shape index (κ2) is 8.53. The van der Waals surface area contributed by atoms with Gasteiger partial charge in [0.1, 0.15) is 6.33 Å². The highest BCUT2D eigenvalue weighted by molar-refractivity contribution is 8.00. The van der Waals surface area contributed by atoms with E-state index in [1.807, 2.05) is 41.8 Å². The summed E-state index contributed by atoms with van der Waals surface area (Å²) >= 11 is 3.15. The molecule has 0 fully saturated rings. The van der Waals surface area contributed by atoms with Crippen molar-refractivity contribution in [3.05, 3.63) is 65.2 Å². The lowest BCUT2D eigenvalue weighted by Gasteiger charge is -2.13. The molecule has 8 heteroatoms. The van der Waals surface area contributed by atoms with Crippen LogP contribution in [0.4, 0.5) is 5.69 Å². The molecule has 0 saturated carbocycles. The van der Waals surface area contributed by atoms with Crippen molar-refractivity contribution in [1.29, 1.82) is 0 Å². The zero-order valence-electron chi connectivity index (χ0n) is 15.3. The van der Waals surface area contributed by atoms with E-state index in [1.54, 1.807) is 23.9 Å². The van der Waals surface area contributed by atoms with Gasteiger partial charge in [-0.25, -0.2) is 0 Å². The highest BCUT2D eigenvalue weighted by Crippen LogP contribution is 2.25. The van der Waals surface area contributed by atoms with Gasteiger partial charge in [0.05, 0.1) is 16.5 Å². The number of carbonyl (C=O) groups excluding carboxylic acids is 1. The van der Waals surface area contributed by atoms with Gasteiger partial charge < -0.3 is 9.88 Å². The smallest absolute Gasteiger partial charge is 0.237 e.